The van der Waals surface area contributed by atoms with Crippen LogP contribution in [0.1, 0.15) is 10.6 Å². The Hall–Kier alpha value is -3.22. The molecule has 3 aromatic rings. The number of carbonyl (C=O) groups is 1. The molecule has 0 spiro atoms. The SMILES string of the molecule is COc1ccc(-n2nc(C(=O)O)nc2-c2ccccc2)cn1. The second-order valence-electron chi connectivity index (χ2n) is 4.40. The van der Waals surface area contributed by atoms with Crippen molar-refractivity contribution in [1.82, 2.24) is 19.7 Å². The Labute approximate surface area is 125 Å². The Morgan fingerprint density at radius 3 is 2.55 bits per heavy atom. The average molecular weight is 296 g/mol. The third-order valence-corrected chi connectivity index (χ3v) is 3.00. The Bertz CT molecular complexity index is 797. The molecule has 0 radical (unpaired) electrons. The van der Waals surface area contributed by atoms with E-state index >= 15 is 0 Å². The van der Waals surface area contributed by atoms with Gasteiger partial charge in [0.2, 0.25) is 5.88 Å². The zero-order valence-electron chi connectivity index (χ0n) is 11.7. The molecule has 0 saturated carbocycles. The predicted molar refractivity (Wildman–Crippen MR) is 78.1 cm³/mol. The number of carboxylic acids is 1. The molecule has 0 aliphatic carbocycles. The van der Waals surface area contributed by atoms with Crippen molar-refractivity contribution in [2.75, 3.05) is 7.11 Å². The Morgan fingerprint density at radius 1 is 1.18 bits per heavy atom. The summed E-state index contributed by atoms with van der Waals surface area (Å²) in [4.78, 5) is 19.4. The minimum absolute atomic E-state index is 0.269. The van der Waals surface area contributed by atoms with Crippen LogP contribution in [-0.4, -0.2) is 37.9 Å². The molecule has 0 aliphatic heterocycles. The van der Waals surface area contributed by atoms with Crippen LogP contribution in [0.2, 0.25) is 0 Å². The summed E-state index contributed by atoms with van der Waals surface area (Å²) in [6.45, 7) is 0. The number of aromatic carboxylic acids is 1. The van der Waals surface area contributed by atoms with Crippen LogP contribution in [0.3, 0.4) is 0 Å². The van der Waals surface area contributed by atoms with Crippen molar-refractivity contribution in [1.29, 1.82) is 0 Å². The lowest BCUT2D eigenvalue weighted by Crippen LogP contribution is -2.03. The third-order valence-electron chi connectivity index (χ3n) is 3.00. The van der Waals surface area contributed by atoms with Crippen molar-refractivity contribution in [3.05, 3.63) is 54.5 Å². The maximum absolute atomic E-state index is 11.2. The first-order chi connectivity index (χ1) is 10.7. The van der Waals surface area contributed by atoms with E-state index in [-0.39, 0.29) is 5.82 Å². The Kier molecular flexibility index (Phi) is 3.53. The lowest BCUT2D eigenvalue weighted by Gasteiger charge is -2.06. The molecule has 1 aromatic carbocycles. The van der Waals surface area contributed by atoms with Crippen LogP contribution in [0, 0.1) is 0 Å². The van der Waals surface area contributed by atoms with Gasteiger partial charge >= 0.3 is 5.97 Å². The van der Waals surface area contributed by atoms with E-state index in [1.807, 2.05) is 30.3 Å². The van der Waals surface area contributed by atoms with Gasteiger partial charge < -0.3 is 9.84 Å². The molecule has 0 bridgehead atoms. The van der Waals surface area contributed by atoms with Gasteiger partial charge in [0.1, 0.15) is 0 Å². The highest BCUT2D eigenvalue weighted by molar-refractivity contribution is 5.84. The molecule has 1 N–H and O–H groups in total. The largest absolute Gasteiger partial charge is 0.481 e. The maximum Gasteiger partial charge on any atom is 0.375 e. The molecular weight excluding hydrogens is 284 g/mol. The summed E-state index contributed by atoms with van der Waals surface area (Å²) in [5.41, 5.74) is 1.36. The monoisotopic (exact) mass is 296 g/mol. The molecule has 22 heavy (non-hydrogen) atoms. The number of ether oxygens (including phenoxy) is 1. The van der Waals surface area contributed by atoms with Crippen LogP contribution in [0.15, 0.2) is 48.7 Å². The van der Waals surface area contributed by atoms with Crippen LogP contribution < -0.4 is 4.74 Å². The fourth-order valence-corrected chi connectivity index (χ4v) is 1.98. The molecule has 3 rings (SSSR count). The van der Waals surface area contributed by atoms with E-state index in [0.29, 0.717) is 17.4 Å². The second kappa shape index (κ2) is 5.65. The fourth-order valence-electron chi connectivity index (χ4n) is 1.98. The van der Waals surface area contributed by atoms with Gasteiger partial charge in [-0.2, -0.15) is 0 Å². The zero-order chi connectivity index (χ0) is 15.5. The molecule has 110 valence electrons. The standard InChI is InChI=1S/C15H12N4O3/c1-22-12-8-7-11(9-16-12)19-14(10-5-3-2-4-6-10)17-13(18-19)15(20)21/h2-9H,1H3,(H,20,21). The van der Waals surface area contributed by atoms with Gasteiger partial charge in [-0.1, -0.05) is 30.3 Å². The minimum Gasteiger partial charge on any atom is -0.481 e. The lowest BCUT2D eigenvalue weighted by atomic mass is 10.2. The van der Waals surface area contributed by atoms with Crippen molar-refractivity contribution in [3.8, 4) is 23.0 Å². The zero-order valence-corrected chi connectivity index (χ0v) is 11.7. The summed E-state index contributed by atoms with van der Waals surface area (Å²) >= 11 is 0. The summed E-state index contributed by atoms with van der Waals surface area (Å²) in [6, 6.07) is 12.6. The summed E-state index contributed by atoms with van der Waals surface area (Å²) in [6.07, 6.45) is 1.55. The van der Waals surface area contributed by atoms with E-state index in [2.05, 4.69) is 15.1 Å². The van der Waals surface area contributed by atoms with Crippen molar-refractivity contribution in [2.45, 2.75) is 0 Å². The van der Waals surface area contributed by atoms with Gasteiger partial charge in [0.15, 0.2) is 5.82 Å². The highest BCUT2D eigenvalue weighted by Crippen LogP contribution is 2.21. The number of methoxy groups -OCH3 is 1. The highest BCUT2D eigenvalue weighted by Gasteiger charge is 2.18. The molecule has 7 nitrogen and oxygen atoms in total. The fraction of sp³-hybridized carbons (Fsp3) is 0.0667. The smallest absolute Gasteiger partial charge is 0.375 e. The van der Waals surface area contributed by atoms with Crippen LogP contribution >= 0.6 is 0 Å². The number of aromatic nitrogens is 4. The lowest BCUT2D eigenvalue weighted by molar-refractivity contribution is 0.0683. The summed E-state index contributed by atoms with van der Waals surface area (Å²) in [5.74, 6) is -0.555. The van der Waals surface area contributed by atoms with Gasteiger partial charge in [0.05, 0.1) is 19.0 Å². The Balaban J connectivity index is 2.14. The van der Waals surface area contributed by atoms with Crippen molar-refractivity contribution in [3.63, 3.8) is 0 Å². The van der Waals surface area contributed by atoms with E-state index in [1.54, 1.807) is 18.3 Å². The number of pyridine rings is 1. The second-order valence-corrected chi connectivity index (χ2v) is 4.40. The Morgan fingerprint density at radius 2 is 1.95 bits per heavy atom. The van der Waals surface area contributed by atoms with Crippen molar-refractivity contribution < 1.29 is 14.6 Å². The van der Waals surface area contributed by atoms with E-state index in [4.69, 9.17) is 9.84 Å². The first-order valence-electron chi connectivity index (χ1n) is 6.45. The number of hydrogen-bond acceptors (Lipinski definition) is 5. The normalized spacial score (nSPS) is 10.4. The molecule has 0 atom stereocenters. The van der Waals surface area contributed by atoms with E-state index in [9.17, 15) is 4.79 Å². The molecular formula is C15H12N4O3. The number of nitrogens with zero attached hydrogens (tertiary/aromatic N) is 4. The molecule has 7 heteroatoms. The van der Waals surface area contributed by atoms with Crippen LogP contribution in [-0.2, 0) is 0 Å². The van der Waals surface area contributed by atoms with Crippen molar-refractivity contribution >= 4 is 5.97 Å². The number of hydrogen-bond donors (Lipinski definition) is 1. The van der Waals surface area contributed by atoms with E-state index in [0.717, 1.165) is 5.56 Å². The minimum atomic E-state index is -1.18. The molecule has 2 aromatic heterocycles. The summed E-state index contributed by atoms with van der Waals surface area (Å²) < 4.78 is 6.46. The van der Waals surface area contributed by atoms with Crippen molar-refractivity contribution in [2.24, 2.45) is 0 Å². The van der Waals surface area contributed by atoms with Gasteiger partial charge in [0.25, 0.3) is 5.82 Å². The number of benzene rings is 1. The predicted octanol–water partition coefficient (Wildman–Crippen LogP) is 2.04. The summed E-state index contributed by atoms with van der Waals surface area (Å²) in [7, 11) is 1.52. The molecule has 0 unspecified atom stereocenters. The topological polar surface area (TPSA) is 90.1 Å². The van der Waals surface area contributed by atoms with Crippen LogP contribution in [0.4, 0.5) is 0 Å². The number of carboxylic acid groups (broad SMARTS) is 1. The van der Waals surface area contributed by atoms with Gasteiger partial charge in [-0.05, 0) is 6.07 Å². The summed E-state index contributed by atoms with van der Waals surface area (Å²) in [5, 5.41) is 13.2. The van der Waals surface area contributed by atoms with Gasteiger partial charge in [-0.25, -0.2) is 19.4 Å². The van der Waals surface area contributed by atoms with Crippen LogP contribution in [0.5, 0.6) is 5.88 Å². The number of rotatable bonds is 4. The maximum atomic E-state index is 11.2. The molecule has 2 heterocycles. The van der Waals surface area contributed by atoms with E-state index in [1.165, 1.54) is 11.8 Å². The van der Waals surface area contributed by atoms with Gasteiger partial charge in [-0.15, -0.1) is 5.10 Å². The average Bonchev–Trinajstić information content (AvgIpc) is 3.01. The first kappa shape index (κ1) is 13.7. The van der Waals surface area contributed by atoms with Gasteiger partial charge in [0, 0.05) is 11.6 Å². The van der Waals surface area contributed by atoms with Crippen LogP contribution in [0.25, 0.3) is 17.1 Å². The third kappa shape index (κ3) is 2.51. The highest BCUT2D eigenvalue weighted by atomic mass is 16.5. The van der Waals surface area contributed by atoms with Gasteiger partial charge in [-0.3, -0.25) is 0 Å². The quantitative estimate of drug-likeness (QED) is 0.792. The first-order valence-corrected chi connectivity index (χ1v) is 6.45. The molecule has 0 fully saturated rings. The molecule has 0 amide bonds. The van der Waals surface area contributed by atoms with E-state index < -0.39 is 5.97 Å². The molecule has 0 aliphatic rings. The molecule has 0 saturated heterocycles.